The third kappa shape index (κ3) is 8.45. The molecule has 0 radical (unpaired) electrons. The van der Waals surface area contributed by atoms with E-state index in [-0.39, 0.29) is 6.03 Å². The summed E-state index contributed by atoms with van der Waals surface area (Å²) in [4.78, 5) is 31.6. The van der Waals surface area contributed by atoms with E-state index >= 15 is 0 Å². The van der Waals surface area contributed by atoms with E-state index in [0.717, 1.165) is 6.54 Å². The minimum atomic E-state index is -0.522. The SMILES string of the molecule is [C-]#[N+]c1ccc(NC(=O)Nc2cc(Cl)ccc2OCCCNC(=O)NCC2CCCCC2)nc1. The highest BCUT2D eigenvalue weighted by Crippen LogP contribution is 2.28. The van der Waals surface area contributed by atoms with Gasteiger partial charge in [0.2, 0.25) is 5.69 Å². The minimum Gasteiger partial charge on any atom is -0.491 e. The van der Waals surface area contributed by atoms with Gasteiger partial charge in [-0.3, -0.25) is 10.3 Å². The molecular formula is C24H29ClN6O3. The lowest BCUT2D eigenvalue weighted by Crippen LogP contribution is -2.39. The molecule has 4 N–H and O–H groups in total. The largest absolute Gasteiger partial charge is 0.491 e. The molecule has 0 atom stereocenters. The van der Waals surface area contributed by atoms with Gasteiger partial charge in [-0.05, 0) is 49.4 Å². The summed E-state index contributed by atoms with van der Waals surface area (Å²) in [6.07, 6.45) is 8.16. The van der Waals surface area contributed by atoms with Crippen molar-refractivity contribution in [2.24, 2.45) is 5.92 Å². The molecule has 1 aromatic carbocycles. The van der Waals surface area contributed by atoms with Crippen LogP contribution in [0.2, 0.25) is 5.02 Å². The zero-order chi connectivity index (χ0) is 24.2. The number of hydrogen-bond acceptors (Lipinski definition) is 4. The summed E-state index contributed by atoms with van der Waals surface area (Å²) in [6, 6.07) is 7.35. The Kier molecular flexibility index (Phi) is 9.80. The van der Waals surface area contributed by atoms with Crippen molar-refractivity contribution in [3.05, 3.63) is 53.0 Å². The van der Waals surface area contributed by atoms with Crippen molar-refractivity contribution in [3.8, 4) is 5.75 Å². The van der Waals surface area contributed by atoms with Gasteiger partial charge in [-0.15, -0.1) is 0 Å². The van der Waals surface area contributed by atoms with Gasteiger partial charge in [-0.2, -0.15) is 0 Å². The Morgan fingerprint density at radius 1 is 1.09 bits per heavy atom. The summed E-state index contributed by atoms with van der Waals surface area (Å²) < 4.78 is 5.79. The molecule has 10 heteroatoms. The Labute approximate surface area is 204 Å². The first-order valence-corrected chi connectivity index (χ1v) is 11.8. The summed E-state index contributed by atoms with van der Waals surface area (Å²) in [5.41, 5.74) is 0.786. The number of urea groups is 2. The highest BCUT2D eigenvalue weighted by molar-refractivity contribution is 6.31. The number of nitrogens with zero attached hydrogens (tertiary/aromatic N) is 2. The number of rotatable bonds is 9. The molecule has 1 aliphatic carbocycles. The van der Waals surface area contributed by atoms with E-state index in [0.29, 0.717) is 53.5 Å². The number of halogens is 1. The molecule has 0 saturated heterocycles. The summed E-state index contributed by atoms with van der Waals surface area (Å²) in [5, 5.41) is 11.5. The first-order valence-electron chi connectivity index (χ1n) is 11.4. The summed E-state index contributed by atoms with van der Waals surface area (Å²) in [6.45, 7) is 8.49. The van der Waals surface area contributed by atoms with Crippen molar-refractivity contribution in [1.82, 2.24) is 15.6 Å². The molecule has 1 fully saturated rings. The zero-order valence-electron chi connectivity index (χ0n) is 18.9. The second-order valence-electron chi connectivity index (χ2n) is 8.08. The molecule has 1 aromatic heterocycles. The predicted molar refractivity (Wildman–Crippen MR) is 133 cm³/mol. The predicted octanol–water partition coefficient (Wildman–Crippen LogP) is 5.58. The lowest BCUT2D eigenvalue weighted by molar-refractivity contribution is 0.234. The minimum absolute atomic E-state index is 0.158. The molecule has 9 nitrogen and oxygen atoms in total. The van der Waals surface area contributed by atoms with E-state index in [1.165, 1.54) is 38.3 Å². The number of benzene rings is 1. The fourth-order valence-corrected chi connectivity index (χ4v) is 3.84. The van der Waals surface area contributed by atoms with E-state index in [1.54, 1.807) is 30.3 Å². The Hall–Kier alpha value is -3.51. The summed E-state index contributed by atoms with van der Waals surface area (Å²) >= 11 is 6.08. The molecule has 0 bridgehead atoms. The number of hydrogen-bond donors (Lipinski definition) is 4. The number of anilines is 2. The average molecular weight is 485 g/mol. The van der Waals surface area contributed by atoms with Crippen molar-refractivity contribution >= 4 is 40.9 Å². The standard InChI is InChI=1S/C24H29ClN6O3/c1-26-19-9-11-22(28-16-19)31-24(33)30-20-14-18(25)8-10-21(20)34-13-5-12-27-23(32)29-15-17-6-3-2-4-7-17/h8-11,14,16-17H,2-7,12-13,15H2,(H2,27,29,32)(H2,28,30,31,33). The molecule has 1 heterocycles. The molecule has 34 heavy (non-hydrogen) atoms. The van der Waals surface area contributed by atoms with Gasteiger partial charge >= 0.3 is 12.1 Å². The first kappa shape index (κ1) is 25.1. The Morgan fingerprint density at radius 2 is 1.91 bits per heavy atom. The average Bonchev–Trinajstić information content (AvgIpc) is 2.85. The number of carbonyl (C=O) groups excluding carboxylic acids is 2. The van der Waals surface area contributed by atoms with Gasteiger partial charge in [0.1, 0.15) is 11.6 Å². The molecule has 0 aliphatic heterocycles. The maximum Gasteiger partial charge on any atom is 0.324 e. The van der Waals surface area contributed by atoms with Gasteiger partial charge in [-0.25, -0.2) is 14.4 Å². The quantitative estimate of drug-likeness (QED) is 0.275. The monoisotopic (exact) mass is 484 g/mol. The second-order valence-corrected chi connectivity index (χ2v) is 8.51. The van der Waals surface area contributed by atoms with E-state index in [2.05, 4.69) is 31.1 Å². The number of amides is 4. The highest BCUT2D eigenvalue weighted by atomic mass is 35.5. The van der Waals surface area contributed by atoms with Crippen LogP contribution in [-0.4, -0.2) is 36.7 Å². The second kappa shape index (κ2) is 13.3. The van der Waals surface area contributed by atoms with Crippen LogP contribution in [0.5, 0.6) is 5.75 Å². The third-order valence-electron chi connectivity index (χ3n) is 5.45. The van der Waals surface area contributed by atoms with Crippen LogP contribution in [0.25, 0.3) is 4.85 Å². The normalized spacial score (nSPS) is 13.4. The van der Waals surface area contributed by atoms with Crippen LogP contribution in [0, 0.1) is 12.5 Å². The Bertz CT molecular complexity index is 1000. The molecule has 4 amide bonds. The maximum absolute atomic E-state index is 12.4. The van der Waals surface area contributed by atoms with Gasteiger partial charge < -0.3 is 20.7 Å². The fourth-order valence-electron chi connectivity index (χ4n) is 3.67. The number of ether oxygens (including phenoxy) is 1. The van der Waals surface area contributed by atoms with Gasteiger partial charge in [0.15, 0.2) is 0 Å². The van der Waals surface area contributed by atoms with Gasteiger partial charge in [0.05, 0.1) is 18.9 Å². The number of carbonyl (C=O) groups is 2. The lowest BCUT2D eigenvalue weighted by atomic mass is 9.89. The Morgan fingerprint density at radius 3 is 2.65 bits per heavy atom. The van der Waals surface area contributed by atoms with Crippen molar-refractivity contribution in [1.29, 1.82) is 0 Å². The summed E-state index contributed by atoms with van der Waals surface area (Å²) in [7, 11) is 0. The van der Waals surface area contributed by atoms with Crippen LogP contribution in [0.3, 0.4) is 0 Å². The van der Waals surface area contributed by atoms with Crippen molar-refractivity contribution in [2.45, 2.75) is 38.5 Å². The number of aromatic nitrogens is 1. The van der Waals surface area contributed by atoms with Crippen LogP contribution in [0.15, 0.2) is 36.5 Å². The molecule has 2 aromatic rings. The molecule has 0 spiro atoms. The fraction of sp³-hybridized carbons (Fsp3) is 0.417. The lowest BCUT2D eigenvalue weighted by Gasteiger charge is -2.21. The number of nitrogens with one attached hydrogen (secondary N) is 4. The molecule has 3 rings (SSSR count). The van der Waals surface area contributed by atoms with Crippen LogP contribution >= 0.6 is 11.6 Å². The third-order valence-corrected chi connectivity index (χ3v) is 5.68. The smallest absolute Gasteiger partial charge is 0.324 e. The molecule has 0 unspecified atom stereocenters. The molecular weight excluding hydrogens is 456 g/mol. The van der Waals surface area contributed by atoms with E-state index in [4.69, 9.17) is 22.9 Å². The van der Waals surface area contributed by atoms with Gasteiger partial charge in [0.25, 0.3) is 0 Å². The van der Waals surface area contributed by atoms with Gasteiger partial charge in [-0.1, -0.05) is 36.9 Å². The molecule has 180 valence electrons. The van der Waals surface area contributed by atoms with Crippen molar-refractivity contribution in [2.75, 3.05) is 30.3 Å². The van der Waals surface area contributed by atoms with E-state index in [9.17, 15) is 9.59 Å². The topological polar surface area (TPSA) is 109 Å². The van der Waals surface area contributed by atoms with E-state index < -0.39 is 6.03 Å². The highest BCUT2D eigenvalue weighted by Gasteiger charge is 2.14. The molecule has 1 saturated carbocycles. The number of pyridine rings is 1. The van der Waals surface area contributed by atoms with Crippen molar-refractivity contribution < 1.29 is 14.3 Å². The van der Waals surface area contributed by atoms with Crippen LogP contribution in [0.4, 0.5) is 26.8 Å². The Balaban J connectivity index is 1.40. The van der Waals surface area contributed by atoms with Gasteiger partial charge in [0, 0.05) is 24.3 Å². The zero-order valence-corrected chi connectivity index (χ0v) is 19.7. The van der Waals surface area contributed by atoms with Crippen LogP contribution in [-0.2, 0) is 0 Å². The van der Waals surface area contributed by atoms with Crippen LogP contribution in [0.1, 0.15) is 38.5 Å². The first-order chi connectivity index (χ1) is 16.5. The van der Waals surface area contributed by atoms with E-state index in [1.807, 2.05) is 0 Å². The van der Waals surface area contributed by atoms with Crippen LogP contribution < -0.4 is 26.0 Å². The molecule has 1 aliphatic rings. The van der Waals surface area contributed by atoms with Crippen molar-refractivity contribution in [3.63, 3.8) is 0 Å². The maximum atomic E-state index is 12.4. The summed E-state index contributed by atoms with van der Waals surface area (Å²) in [5.74, 6) is 1.35.